The molecule has 11 heavy (non-hydrogen) atoms. The Bertz CT molecular complexity index is 233. The Kier molecular flexibility index (Phi) is 3.06. The first-order chi connectivity index (χ1) is 5.18. The number of alkyl halides is 1. The summed E-state index contributed by atoms with van der Waals surface area (Å²) in [6.45, 7) is 4.15. The van der Waals surface area contributed by atoms with Crippen LogP contribution in [0.15, 0.2) is 18.2 Å². The first-order valence-electron chi connectivity index (χ1n) is 3.75. The highest BCUT2D eigenvalue weighted by molar-refractivity contribution is 9.09. The Morgan fingerprint density at radius 3 is 2.82 bits per heavy atom. The molecule has 1 unspecified atom stereocenters. The van der Waals surface area contributed by atoms with Gasteiger partial charge in [0.15, 0.2) is 0 Å². The highest BCUT2D eigenvalue weighted by atomic mass is 79.9. The second-order valence-electron chi connectivity index (χ2n) is 2.76. The molecule has 0 radical (unpaired) electrons. The van der Waals surface area contributed by atoms with Crippen molar-refractivity contribution >= 4 is 15.9 Å². The summed E-state index contributed by atoms with van der Waals surface area (Å²) in [7, 11) is 0. The van der Waals surface area contributed by atoms with Crippen molar-refractivity contribution in [1.82, 2.24) is 4.98 Å². The Hall–Kier alpha value is -0.370. The van der Waals surface area contributed by atoms with E-state index in [1.165, 1.54) is 0 Å². The number of aryl methyl sites for hydroxylation is 1. The molecule has 1 heterocycles. The minimum Gasteiger partial charge on any atom is -0.258 e. The molecule has 0 saturated carbocycles. The second-order valence-corrected chi connectivity index (χ2v) is 4.32. The molecular formula is C9H12BrN. The summed E-state index contributed by atoms with van der Waals surface area (Å²) >= 11 is 3.50. The maximum atomic E-state index is 4.38. The summed E-state index contributed by atoms with van der Waals surface area (Å²) in [5.41, 5.74) is 2.25. The molecule has 1 rings (SSSR count). The van der Waals surface area contributed by atoms with Crippen LogP contribution in [0.4, 0.5) is 0 Å². The second kappa shape index (κ2) is 3.86. The number of aromatic nitrogens is 1. The van der Waals surface area contributed by atoms with Crippen LogP contribution < -0.4 is 0 Å². The zero-order valence-corrected chi connectivity index (χ0v) is 8.43. The third-order valence-electron chi connectivity index (χ3n) is 1.44. The first kappa shape index (κ1) is 8.72. The van der Waals surface area contributed by atoms with E-state index >= 15 is 0 Å². The largest absolute Gasteiger partial charge is 0.258 e. The van der Waals surface area contributed by atoms with Crippen LogP contribution in [0.1, 0.15) is 18.3 Å². The Morgan fingerprint density at radius 1 is 1.55 bits per heavy atom. The van der Waals surface area contributed by atoms with Gasteiger partial charge in [0.05, 0.1) is 0 Å². The zero-order valence-electron chi connectivity index (χ0n) is 6.84. The Labute approximate surface area is 76.0 Å². The Morgan fingerprint density at radius 2 is 2.27 bits per heavy atom. The van der Waals surface area contributed by atoms with Crippen LogP contribution in [0.5, 0.6) is 0 Å². The van der Waals surface area contributed by atoms with Crippen molar-refractivity contribution in [3.05, 3.63) is 29.6 Å². The molecule has 0 aromatic carbocycles. The molecule has 0 bridgehead atoms. The fourth-order valence-electron chi connectivity index (χ4n) is 1.00. The van der Waals surface area contributed by atoms with E-state index in [0.29, 0.717) is 4.83 Å². The van der Waals surface area contributed by atoms with Crippen molar-refractivity contribution in [2.75, 3.05) is 0 Å². The topological polar surface area (TPSA) is 12.9 Å². The molecule has 1 atom stereocenters. The lowest BCUT2D eigenvalue weighted by Crippen LogP contribution is -1.99. The van der Waals surface area contributed by atoms with Gasteiger partial charge in [-0.05, 0) is 19.1 Å². The average molecular weight is 214 g/mol. The van der Waals surface area contributed by atoms with E-state index in [1.807, 2.05) is 19.1 Å². The van der Waals surface area contributed by atoms with Crippen LogP contribution >= 0.6 is 15.9 Å². The zero-order chi connectivity index (χ0) is 8.27. The molecule has 0 spiro atoms. The van der Waals surface area contributed by atoms with Gasteiger partial charge in [-0.25, -0.2) is 0 Å². The van der Waals surface area contributed by atoms with Crippen LogP contribution in [0.3, 0.4) is 0 Å². The number of hydrogen-bond donors (Lipinski definition) is 0. The van der Waals surface area contributed by atoms with Gasteiger partial charge in [0.25, 0.3) is 0 Å². The minimum atomic E-state index is 0.511. The molecule has 1 nitrogen and oxygen atoms in total. The van der Waals surface area contributed by atoms with Gasteiger partial charge in [-0.3, -0.25) is 4.98 Å². The van der Waals surface area contributed by atoms with Crippen molar-refractivity contribution in [2.24, 2.45) is 0 Å². The standard InChI is InChI=1S/C9H12BrN/c1-7(10)6-9-5-3-4-8(2)11-9/h3-5,7H,6H2,1-2H3. The summed E-state index contributed by atoms with van der Waals surface area (Å²) < 4.78 is 0. The van der Waals surface area contributed by atoms with E-state index in [9.17, 15) is 0 Å². The first-order valence-corrected chi connectivity index (χ1v) is 4.66. The van der Waals surface area contributed by atoms with E-state index in [0.717, 1.165) is 17.8 Å². The summed E-state index contributed by atoms with van der Waals surface area (Å²) in [6, 6.07) is 6.13. The molecule has 0 aliphatic rings. The number of rotatable bonds is 2. The van der Waals surface area contributed by atoms with Crippen LogP contribution in [-0.4, -0.2) is 9.81 Å². The van der Waals surface area contributed by atoms with Crippen molar-refractivity contribution in [3.8, 4) is 0 Å². The molecule has 0 aliphatic heterocycles. The van der Waals surface area contributed by atoms with Crippen LogP contribution in [0.2, 0.25) is 0 Å². The van der Waals surface area contributed by atoms with Crippen molar-refractivity contribution in [1.29, 1.82) is 0 Å². The van der Waals surface area contributed by atoms with Gasteiger partial charge in [-0.15, -0.1) is 0 Å². The molecule has 1 aromatic heterocycles. The molecule has 60 valence electrons. The van der Waals surface area contributed by atoms with Gasteiger partial charge >= 0.3 is 0 Å². The number of halogens is 1. The Balaban J connectivity index is 2.71. The summed E-state index contributed by atoms with van der Waals surface area (Å²) in [5, 5.41) is 0. The summed E-state index contributed by atoms with van der Waals surface area (Å²) in [4.78, 5) is 4.89. The van der Waals surface area contributed by atoms with E-state index in [1.54, 1.807) is 0 Å². The van der Waals surface area contributed by atoms with E-state index < -0.39 is 0 Å². The molecule has 0 amide bonds. The SMILES string of the molecule is Cc1cccc(CC(C)Br)n1. The fraction of sp³-hybridized carbons (Fsp3) is 0.444. The predicted molar refractivity (Wildman–Crippen MR) is 51.1 cm³/mol. The van der Waals surface area contributed by atoms with Crippen LogP contribution in [-0.2, 0) is 6.42 Å². The number of hydrogen-bond acceptors (Lipinski definition) is 1. The monoisotopic (exact) mass is 213 g/mol. The normalized spacial score (nSPS) is 13.0. The van der Waals surface area contributed by atoms with Gasteiger partial charge in [0.1, 0.15) is 0 Å². The molecule has 0 N–H and O–H groups in total. The van der Waals surface area contributed by atoms with E-state index in [-0.39, 0.29) is 0 Å². The maximum Gasteiger partial charge on any atom is 0.0417 e. The van der Waals surface area contributed by atoms with Gasteiger partial charge in [0.2, 0.25) is 0 Å². The van der Waals surface area contributed by atoms with Gasteiger partial charge < -0.3 is 0 Å². The molecule has 0 fully saturated rings. The maximum absolute atomic E-state index is 4.38. The highest BCUT2D eigenvalue weighted by Gasteiger charge is 1.99. The summed E-state index contributed by atoms with van der Waals surface area (Å²) in [5.74, 6) is 0. The predicted octanol–water partition coefficient (Wildman–Crippen LogP) is 2.72. The third kappa shape index (κ3) is 3.02. The number of nitrogens with zero attached hydrogens (tertiary/aromatic N) is 1. The number of pyridine rings is 1. The lowest BCUT2D eigenvalue weighted by atomic mass is 10.2. The lowest BCUT2D eigenvalue weighted by Gasteiger charge is -2.02. The molecular weight excluding hydrogens is 202 g/mol. The molecule has 0 aliphatic carbocycles. The van der Waals surface area contributed by atoms with Crippen molar-refractivity contribution < 1.29 is 0 Å². The van der Waals surface area contributed by atoms with Crippen LogP contribution in [0, 0.1) is 6.92 Å². The summed E-state index contributed by atoms with van der Waals surface area (Å²) in [6.07, 6.45) is 1.00. The lowest BCUT2D eigenvalue weighted by molar-refractivity contribution is 0.903. The fourth-order valence-corrected chi connectivity index (χ4v) is 1.33. The quantitative estimate of drug-likeness (QED) is 0.689. The van der Waals surface area contributed by atoms with E-state index in [2.05, 4.69) is 33.9 Å². The smallest absolute Gasteiger partial charge is 0.0417 e. The van der Waals surface area contributed by atoms with Crippen molar-refractivity contribution in [2.45, 2.75) is 25.1 Å². The van der Waals surface area contributed by atoms with Gasteiger partial charge in [-0.2, -0.15) is 0 Å². The minimum absolute atomic E-state index is 0.511. The van der Waals surface area contributed by atoms with Gasteiger partial charge in [-0.1, -0.05) is 28.9 Å². The van der Waals surface area contributed by atoms with Gasteiger partial charge in [0, 0.05) is 22.6 Å². The average Bonchev–Trinajstić information content (AvgIpc) is 1.85. The van der Waals surface area contributed by atoms with Crippen LogP contribution in [0.25, 0.3) is 0 Å². The molecule has 1 aromatic rings. The van der Waals surface area contributed by atoms with E-state index in [4.69, 9.17) is 0 Å². The third-order valence-corrected chi connectivity index (χ3v) is 1.76. The van der Waals surface area contributed by atoms with Crippen molar-refractivity contribution in [3.63, 3.8) is 0 Å². The molecule has 2 heteroatoms. The highest BCUT2D eigenvalue weighted by Crippen LogP contribution is 2.07. The molecule has 0 saturated heterocycles.